The highest BCUT2D eigenvalue weighted by molar-refractivity contribution is 7.89. The molecule has 1 N–H and O–H groups in total. The van der Waals surface area contributed by atoms with Crippen LogP contribution in [0.4, 0.5) is 0 Å². The van der Waals surface area contributed by atoms with E-state index in [4.69, 9.17) is 0 Å². The van der Waals surface area contributed by atoms with E-state index in [-0.39, 0.29) is 17.2 Å². The molecule has 1 heterocycles. The van der Waals surface area contributed by atoms with Crippen LogP contribution in [0.1, 0.15) is 56.9 Å². The van der Waals surface area contributed by atoms with Gasteiger partial charge >= 0.3 is 0 Å². The molecule has 5 fully saturated rings. The van der Waals surface area contributed by atoms with Gasteiger partial charge in [0.05, 0.1) is 10.3 Å². The lowest BCUT2D eigenvalue weighted by Gasteiger charge is -2.57. The average molecular weight is 443 g/mol. The van der Waals surface area contributed by atoms with Crippen LogP contribution >= 0.6 is 0 Å². The van der Waals surface area contributed by atoms with Gasteiger partial charge in [-0.2, -0.15) is 4.31 Å². The van der Waals surface area contributed by atoms with Crippen molar-refractivity contribution < 1.29 is 13.2 Å². The molecule has 1 saturated heterocycles. The molecule has 4 saturated carbocycles. The smallest absolute Gasteiger partial charge is 0.243 e. The quantitative estimate of drug-likeness (QED) is 0.756. The Labute approximate surface area is 186 Å². The number of amides is 1. The Kier molecular flexibility index (Phi) is 4.44. The Morgan fingerprint density at radius 2 is 2.00 bits per heavy atom. The molecule has 168 valence electrons. The summed E-state index contributed by atoms with van der Waals surface area (Å²) in [6.07, 6.45) is 9.31. The maximum Gasteiger partial charge on any atom is 0.243 e. The lowest BCUT2D eigenvalue weighted by molar-refractivity contribution is -0.161. The SMILES string of the molecule is Cc1cccc(S(=O)(=O)N2CCCC(CNC(=O)[C@]34C[C@@H]5CC6C[C@H](C3)C4(C6)C5)C2)c1. The zero-order chi connectivity index (χ0) is 21.4. The Hall–Kier alpha value is -1.40. The van der Waals surface area contributed by atoms with Gasteiger partial charge in [0.2, 0.25) is 15.9 Å². The molecule has 5 nitrogen and oxygen atoms in total. The van der Waals surface area contributed by atoms with Crippen molar-refractivity contribution in [2.75, 3.05) is 19.6 Å². The first-order valence-corrected chi connectivity index (χ1v) is 13.6. The van der Waals surface area contributed by atoms with Crippen LogP contribution in [0.15, 0.2) is 29.2 Å². The second kappa shape index (κ2) is 6.80. The number of nitrogens with one attached hydrogen (secondary N) is 1. The van der Waals surface area contributed by atoms with Crippen molar-refractivity contribution in [1.82, 2.24) is 9.62 Å². The summed E-state index contributed by atoms with van der Waals surface area (Å²) in [4.78, 5) is 13.8. The topological polar surface area (TPSA) is 66.5 Å². The molecule has 4 aliphatic carbocycles. The lowest BCUT2D eigenvalue weighted by atomic mass is 9.46. The molecule has 31 heavy (non-hydrogen) atoms. The number of benzene rings is 1. The third kappa shape index (κ3) is 2.83. The molecule has 0 aromatic heterocycles. The van der Waals surface area contributed by atoms with Crippen molar-refractivity contribution >= 4 is 15.9 Å². The third-order valence-electron chi connectivity index (χ3n) is 9.65. The van der Waals surface area contributed by atoms with E-state index in [0.29, 0.717) is 29.9 Å². The van der Waals surface area contributed by atoms with Crippen LogP contribution in [0.25, 0.3) is 0 Å². The highest BCUT2D eigenvalue weighted by Gasteiger charge is 2.76. The van der Waals surface area contributed by atoms with E-state index in [9.17, 15) is 13.2 Å². The highest BCUT2D eigenvalue weighted by Crippen LogP contribution is 2.81. The Bertz CT molecular complexity index is 1020. The number of nitrogens with zero attached hydrogens (tertiary/aromatic N) is 1. The molecule has 1 aromatic rings. The molecule has 6 rings (SSSR count). The molecule has 1 aromatic carbocycles. The summed E-state index contributed by atoms with van der Waals surface area (Å²) in [5.74, 6) is 2.91. The zero-order valence-corrected chi connectivity index (χ0v) is 19.3. The van der Waals surface area contributed by atoms with E-state index in [1.807, 2.05) is 13.0 Å². The molecule has 3 bridgehead atoms. The summed E-state index contributed by atoms with van der Waals surface area (Å²) in [6, 6.07) is 7.16. The Morgan fingerprint density at radius 3 is 2.84 bits per heavy atom. The molecular weight excluding hydrogens is 408 g/mol. The van der Waals surface area contributed by atoms with Gasteiger partial charge in [0.1, 0.15) is 0 Å². The van der Waals surface area contributed by atoms with Crippen LogP contribution in [0.2, 0.25) is 0 Å². The fourth-order valence-corrected chi connectivity index (χ4v) is 10.2. The van der Waals surface area contributed by atoms with Crippen molar-refractivity contribution in [2.45, 2.75) is 63.2 Å². The number of carbonyl (C=O) groups excluding carboxylic acids is 1. The molecule has 0 radical (unpaired) electrons. The normalized spacial score (nSPS) is 41.1. The van der Waals surface area contributed by atoms with Crippen LogP contribution in [-0.4, -0.2) is 38.3 Å². The number of aryl methyl sites for hydroxylation is 1. The molecular formula is C25H34N2O3S. The van der Waals surface area contributed by atoms with Crippen molar-refractivity contribution in [2.24, 2.45) is 34.5 Å². The van der Waals surface area contributed by atoms with Crippen LogP contribution in [-0.2, 0) is 14.8 Å². The second-order valence-corrected chi connectivity index (χ2v) is 13.3. The van der Waals surface area contributed by atoms with E-state index >= 15 is 0 Å². The van der Waals surface area contributed by atoms with Crippen molar-refractivity contribution in [1.29, 1.82) is 0 Å². The minimum absolute atomic E-state index is 0.102. The monoisotopic (exact) mass is 442 g/mol. The van der Waals surface area contributed by atoms with Gasteiger partial charge < -0.3 is 5.32 Å². The van der Waals surface area contributed by atoms with Gasteiger partial charge in [0, 0.05) is 19.6 Å². The fraction of sp³-hybridized carbons (Fsp3) is 0.720. The van der Waals surface area contributed by atoms with Crippen molar-refractivity contribution in [3.63, 3.8) is 0 Å². The van der Waals surface area contributed by atoms with Crippen molar-refractivity contribution in [3.05, 3.63) is 29.8 Å². The summed E-state index contributed by atoms with van der Waals surface area (Å²) in [5.41, 5.74) is 1.17. The maximum atomic E-state index is 13.5. The van der Waals surface area contributed by atoms with Gasteiger partial charge in [0.15, 0.2) is 0 Å². The second-order valence-electron chi connectivity index (χ2n) is 11.4. The summed E-state index contributed by atoms with van der Waals surface area (Å²) in [6.45, 7) is 3.60. The van der Waals surface area contributed by atoms with Gasteiger partial charge in [-0.15, -0.1) is 0 Å². The van der Waals surface area contributed by atoms with Gasteiger partial charge in [-0.05, 0) is 105 Å². The fourth-order valence-electron chi connectivity index (χ4n) is 8.53. The zero-order valence-electron chi connectivity index (χ0n) is 18.5. The number of hydrogen-bond acceptors (Lipinski definition) is 3. The lowest BCUT2D eigenvalue weighted by Crippen LogP contribution is -2.60. The summed E-state index contributed by atoms with van der Waals surface area (Å²) < 4.78 is 27.9. The molecule has 6 heteroatoms. The number of sulfonamides is 1. The van der Waals surface area contributed by atoms with Crippen molar-refractivity contribution in [3.8, 4) is 0 Å². The van der Waals surface area contributed by atoms with E-state index < -0.39 is 10.0 Å². The number of rotatable bonds is 5. The predicted octanol–water partition coefficient (Wildman–Crippen LogP) is 3.73. The maximum absolute atomic E-state index is 13.5. The van der Waals surface area contributed by atoms with Gasteiger partial charge in [-0.3, -0.25) is 4.79 Å². The molecule has 6 atom stereocenters. The molecule has 1 aliphatic heterocycles. The van der Waals surface area contributed by atoms with Crippen LogP contribution in [0.3, 0.4) is 0 Å². The standard InChI is InChI=1S/C25H34N2O3S/c1-17-4-2-6-22(8-17)31(29,30)27-7-3-5-18(16-27)15-26-23(28)25-13-20-9-19-10-21(14-25)24(25,11-19)12-20/h2,4,6,8,18-21H,3,5,7,9-16H2,1H3,(H,26,28)/t18?,19?,20-,21-,24?,25+/m1/s1. The van der Waals surface area contributed by atoms with Gasteiger partial charge in [-0.1, -0.05) is 12.1 Å². The minimum Gasteiger partial charge on any atom is -0.355 e. The first-order chi connectivity index (χ1) is 14.8. The van der Waals surface area contributed by atoms with E-state index in [1.54, 1.807) is 22.5 Å². The Morgan fingerprint density at radius 1 is 1.16 bits per heavy atom. The van der Waals surface area contributed by atoms with Gasteiger partial charge in [0.25, 0.3) is 0 Å². The van der Waals surface area contributed by atoms with E-state index in [0.717, 1.165) is 49.0 Å². The number of hydrogen-bond donors (Lipinski definition) is 1. The molecule has 5 aliphatic rings. The molecule has 1 amide bonds. The largest absolute Gasteiger partial charge is 0.355 e. The van der Waals surface area contributed by atoms with Crippen LogP contribution in [0, 0.1) is 41.4 Å². The third-order valence-corrected chi connectivity index (χ3v) is 11.5. The predicted molar refractivity (Wildman–Crippen MR) is 119 cm³/mol. The average Bonchev–Trinajstić information content (AvgIpc) is 3.07. The number of piperidine rings is 1. The van der Waals surface area contributed by atoms with Crippen LogP contribution < -0.4 is 5.32 Å². The summed E-state index contributed by atoms with van der Waals surface area (Å²) in [5, 5.41) is 3.32. The first-order valence-electron chi connectivity index (χ1n) is 12.2. The molecule has 1 spiro atoms. The van der Waals surface area contributed by atoms with Crippen LogP contribution in [0.5, 0.6) is 0 Å². The Balaban J connectivity index is 1.12. The highest BCUT2D eigenvalue weighted by atomic mass is 32.2. The number of carbonyl (C=O) groups is 1. The minimum atomic E-state index is -3.48. The summed E-state index contributed by atoms with van der Waals surface area (Å²) >= 11 is 0. The first kappa shape index (κ1) is 20.2. The van der Waals surface area contributed by atoms with E-state index in [2.05, 4.69) is 5.32 Å². The van der Waals surface area contributed by atoms with Gasteiger partial charge in [-0.25, -0.2) is 8.42 Å². The molecule has 3 unspecified atom stereocenters. The number of fused-ring (bicyclic) bond motifs is 2. The summed E-state index contributed by atoms with van der Waals surface area (Å²) in [7, 11) is -3.48. The van der Waals surface area contributed by atoms with E-state index in [1.165, 1.54) is 25.7 Å².